The highest BCUT2D eigenvalue weighted by molar-refractivity contribution is 7.99. The van der Waals surface area contributed by atoms with E-state index in [2.05, 4.69) is 11.8 Å². The Hall–Kier alpha value is 0.310. The summed E-state index contributed by atoms with van der Waals surface area (Å²) in [6.07, 6.45) is 11.9. The lowest BCUT2D eigenvalue weighted by molar-refractivity contribution is 0.163. The zero-order valence-electron chi connectivity index (χ0n) is 9.66. The molecule has 0 saturated heterocycles. The van der Waals surface area contributed by atoms with E-state index in [9.17, 15) is 5.11 Å². The predicted octanol–water partition coefficient (Wildman–Crippen LogP) is 3.60. The fraction of sp³-hybridized carbons (Fsp3) is 1.00. The quantitative estimate of drug-likeness (QED) is 0.745. The van der Waals surface area contributed by atoms with Crippen LogP contribution in [-0.4, -0.2) is 22.2 Å². The average Bonchev–Trinajstić information content (AvgIpc) is 2.67. The number of hydrogen-bond donors (Lipinski definition) is 1. The van der Waals surface area contributed by atoms with E-state index >= 15 is 0 Å². The molecule has 2 rings (SSSR count). The van der Waals surface area contributed by atoms with Crippen LogP contribution in [0.15, 0.2) is 0 Å². The van der Waals surface area contributed by atoms with Gasteiger partial charge in [0.2, 0.25) is 0 Å². The first kappa shape index (κ1) is 11.8. The summed E-state index contributed by atoms with van der Waals surface area (Å²) in [5.41, 5.74) is 0. The molecular weight excluding hydrogens is 204 g/mol. The molecule has 2 heteroatoms. The van der Waals surface area contributed by atoms with Crippen LogP contribution in [0.1, 0.15) is 57.8 Å². The van der Waals surface area contributed by atoms with Gasteiger partial charge in [-0.15, -0.1) is 0 Å². The Morgan fingerprint density at radius 2 is 1.53 bits per heavy atom. The zero-order chi connectivity index (χ0) is 10.5. The fourth-order valence-electron chi connectivity index (χ4n) is 2.89. The summed E-state index contributed by atoms with van der Waals surface area (Å²) in [4.78, 5) is 0. The van der Waals surface area contributed by atoms with Crippen molar-refractivity contribution in [3.05, 3.63) is 0 Å². The molecule has 0 aromatic rings. The minimum Gasteiger partial charge on any atom is -0.392 e. The Labute approximate surface area is 98.0 Å². The van der Waals surface area contributed by atoms with Crippen LogP contribution in [0.25, 0.3) is 0 Å². The van der Waals surface area contributed by atoms with Crippen LogP contribution < -0.4 is 0 Å². The third-order valence-corrected chi connectivity index (χ3v) is 5.58. The minimum absolute atomic E-state index is 0.0149. The Balaban J connectivity index is 1.71. The SMILES string of the molecule is OC1CCCCCC1SCC1CCCC1. The summed E-state index contributed by atoms with van der Waals surface area (Å²) in [5, 5.41) is 10.6. The maximum absolute atomic E-state index is 10.0. The minimum atomic E-state index is -0.0149. The van der Waals surface area contributed by atoms with Crippen LogP contribution in [0.2, 0.25) is 0 Å². The van der Waals surface area contributed by atoms with Crippen molar-refractivity contribution in [2.24, 2.45) is 5.92 Å². The van der Waals surface area contributed by atoms with Gasteiger partial charge in [-0.05, 0) is 37.4 Å². The fourth-order valence-corrected chi connectivity index (χ4v) is 4.43. The summed E-state index contributed by atoms with van der Waals surface area (Å²) in [6, 6.07) is 0. The Morgan fingerprint density at radius 1 is 0.867 bits per heavy atom. The lowest BCUT2D eigenvalue weighted by Gasteiger charge is -2.21. The Morgan fingerprint density at radius 3 is 2.33 bits per heavy atom. The maximum Gasteiger partial charge on any atom is 0.0658 e. The van der Waals surface area contributed by atoms with E-state index in [-0.39, 0.29) is 6.10 Å². The molecule has 15 heavy (non-hydrogen) atoms. The Bertz CT molecular complexity index is 177. The van der Waals surface area contributed by atoms with Gasteiger partial charge in [0.05, 0.1) is 6.10 Å². The van der Waals surface area contributed by atoms with E-state index in [0.717, 1.165) is 12.3 Å². The van der Waals surface area contributed by atoms with Gasteiger partial charge in [0.25, 0.3) is 0 Å². The van der Waals surface area contributed by atoms with Gasteiger partial charge < -0.3 is 5.11 Å². The lowest BCUT2D eigenvalue weighted by Crippen LogP contribution is -2.22. The highest BCUT2D eigenvalue weighted by Gasteiger charge is 2.24. The highest BCUT2D eigenvalue weighted by Crippen LogP contribution is 2.33. The molecule has 2 aliphatic rings. The van der Waals surface area contributed by atoms with Crippen LogP contribution in [0.3, 0.4) is 0 Å². The monoisotopic (exact) mass is 228 g/mol. The first-order chi connectivity index (χ1) is 7.36. The van der Waals surface area contributed by atoms with Gasteiger partial charge >= 0.3 is 0 Å². The molecule has 0 radical (unpaired) electrons. The summed E-state index contributed by atoms with van der Waals surface area (Å²) in [5.74, 6) is 2.27. The van der Waals surface area contributed by atoms with E-state index in [4.69, 9.17) is 0 Å². The van der Waals surface area contributed by atoms with Crippen molar-refractivity contribution in [3.63, 3.8) is 0 Å². The molecule has 0 amide bonds. The van der Waals surface area contributed by atoms with Gasteiger partial charge in [-0.3, -0.25) is 0 Å². The largest absolute Gasteiger partial charge is 0.392 e. The standard InChI is InChI=1S/C13H24OS/c14-12-8-2-1-3-9-13(12)15-10-11-6-4-5-7-11/h11-14H,1-10H2. The van der Waals surface area contributed by atoms with Gasteiger partial charge in [-0.2, -0.15) is 11.8 Å². The molecule has 0 heterocycles. The smallest absolute Gasteiger partial charge is 0.0658 e. The summed E-state index contributed by atoms with van der Waals surface area (Å²) in [7, 11) is 0. The molecule has 0 bridgehead atoms. The third kappa shape index (κ3) is 3.67. The van der Waals surface area contributed by atoms with Gasteiger partial charge in [-0.25, -0.2) is 0 Å². The molecule has 2 aliphatic carbocycles. The van der Waals surface area contributed by atoms with E-state index in [1.165, 1.54) is 57.1 Å². The molecule has 0 aliphatic heterocycles. The number of aliphatic hydroxyl groups excluding tert-OH is 1. The number of thioether (sulfide) groups is 1. The zero-order valence-corrected chi connectivity index (χ0v) is 10.5. The van der Waals surface area contributed by atoms with E-state index < -0.39 is 0 Å². The van der Waals surface area contributed by atoms with Crippen molar-refractivity contribution in [2.75, 3.05) is 5.75 Å². The first-order valence-electron chi connectivity index (χ1n) is 6.66. The molecule has 0 aromatic heterocycles. The highest BCUT2D eigenvalue weighted by atomic mass is 32.2. The Kier molecular flexibility index (Phi) is 4.83. The van der Waals surface area contributed by atoms with Crippen molar-refractivity contribution in [2.45, 2.75) is 69.1 Å². The first-order valence-corrected chi connectivity index (χ1v) is 7.71. The van der Waals surface area contributed by atoms with Crippen LogP contribution >= 0.6 is 11.8 Å². The van der Waals surface area contributed by atoms with Gasteiger partial charge in [0.15, 0.2) is 0 Å². The van der Waals surface area contributed by atoms with Crippen molar-refractivity contribution in [1.82, 2.24) is 0 Å². The van der Waals surface area contributed by atoms with Gasteiger partial charge in [-0.1, -0.05) is 32.1 Å². The van der Waals surface area contributed by atoms with Crippen LogP contribution in [0.4, 0.5) is 0 Å². The average molecular weight is 228 g/mol. The van der Waals surface area contributed by atoms with Crippen molar-refractivity contribution in [1.29, 1.82) is 0 Å². The second-order valence-corrected chi connectivity index (χ2v) is 6.50. The van der Waals surface area contributed by atoms with Gasteiger partial charge in [0.1, 0.15) is 0 Å². The topological polar surface area (TPSA) is 20.2 Å². The molecule has 1 nitrogen and oxygen atoms in total. The number of aliphatic hydroxyl groups is 1. The lowest BCUT2D eigenvalue weighted by atomic mass is 10.1. The number of rotatable bonds is 3. The molecule has 1 N–H and O–H groups in total. The molecule has 0 spiro atoms. The van der Waals surface area contributed by atoms with Crippen molar-refractivity contribution >= 4 is 11.8 Å². The number of hydrogen-bond acceptors (Lipinski definition) is 2. The summed E-state index contributed by atoms with van der Waals surface area (Å²) in [6.45, 7) is 0. The van der Waals surface area contributed by atoms with E-state index in [0.29, 0.717) is 5.25 Å². The molecule has 0 aromatic carbocycles. The van der Waals surface area contributed by atoms with E-state index in [1.54, 1.807) is 0 Å². The van der Waals surface area contributed by atoms with E-state index in [1.807, 2.05) is 0 Å². The van der Waals surface area contributed by atoms with Crippen LogP contribution in [0.5, 0.6) is 0 Å². The third-order valence-electron chi connectivity index (χ3n) is 3.94. The second kappa shape index (κ2) is 6.15. The van der Waals surface area contributed by atoms with Gasteiger partial charge in [0, 0.05) is 5.25 Å². The molecular formula is C13H24OS. The molecule has 88 valence electrons. The second-order valence-electron chi connectivity index (χ2n) is 5.23. The molecule has 2 atom stereocenters. The summed E-state index contributed by atoms with van der Waals surface area (Å²) >= 11 is 2.07. The summed E-state index contributed by atoms with van der Waals surface area (Å²) < 4.78 is 0. The van der Waals surface area contributed by atoms with Crippen LogP contribution in [-0.2, 0) is 0 Å². The van der Waals surface area contributed by atoms with Crippen molar-refractivity contribution < 1.29 is 5.11 Å². The molecule has 2 saturated carbocycles. The molecule has 2 fully saturated rings. The van der Waals surface area contributed by atoms with Crippen molar-refractivity contribution in [3.8, 4) is 0 Å². The normalized spacial score (nSPS) is 34.2. The van der Waals surface area contributed by atoms with Crippen LogP contribution in [0, 0.1) is 5.92 Å². The molecule has 2 unspecified atom stereocenters. The maximum atomic E-state index is 10.0. The predicted molar refractivity (Wildman–Crippen MR) is 67.3 cm³/mol.